The second-order valence-corrected chi connectivity index (χ2v) is 5.81. The molecule has 5 heteroatoms. The molecular formula is C13H9N3S2. The fraction of sp³-hybridized carbons (Fsp3) is 0.0769. The number of rotatable bonds is 3. The van der Waals surface area contributed by atoms with Crippen LogP contribution in [0.3, 0.4) is 0 Å². The van der Waals surface area contributed by atoms with Crippen molar-refractivity contribution in [2.75, 3.05) is 5.08 Å². The van der Waals surface area contributed by atoms with Crippen molar-refractivity contribution < 1.29 is 0 Å². The number of hydrogen-bond donors (Lipinski definition) is 1. The Morgan fingerprint density at radius 1 is 1.22 bits per heavy atom. The molecule has 88 valence electrons. The summed E-state index contributed by atoms with van der Waals surface area (Å²) < 4.78 is 0. The first-order chi connectivity index (χ1) is 8.88. The van der Waals surface area contributed by atoms with E-state index in [1.807, 2.05) is 18.2 Å². The van der Waals surface area contributed by atoms with Crippen LogP contribution in [0.2, 0.25) is 0 Å². The van der Waals surface area contributed by atoms with Crippen molar-refractivity contribution in [2.45, 2.75) is 5.16 Å². The first kappa shape index (κ1) is 11.5. The first-order valence-electron chi connectivity index (χ1n) is 5.39. The fourth-order valence-corrected chi connectivity index (χ4v) is 3.13. The van der Waals surface area contributed by atoms with Crippen molar-refractivity contribution in [3.63, 3.8) is 0 Å². The summed E-state index contributed by atoms with van der Waals surface area (Å²) in [6.45, 7) is 0. The Kier molecular flexibility index (Phi) is 3.13. The molecule has 0 saturated carbocycles. The summed E-state index contributed by atoms with van der Waals surface area (Å²) in [5, 5.41) is 14.5. The average Bonchev–Trinajstić information content (AvgIpc) is 2.82. The molecule has 1 heterocycles. The lowest BCUT2D eigenvalue weighted by Crippen LogP contribution is -1.75. The number of H-pyrrole nitrogens is 1. The van der Waals surface area contributed by atoms with Gasteiger partial charge in [-0.05, 0) is 23.2 Å². The molecule has 0 aliphatic carbocycles. The molecule has 3 nitrogen and oxygen atoms in total. The Morgan fingerprint density at radius 2 is 2.11 bits per heavy atom. The number of benzene rings is 2. The molecule has 2 aromatic carbocycles. The molecule has 0 atom stereocenters. The number of thioether (sulfide) groups is 2. The van der Waals surface area contributed by atoms with Crippen LogP contribution in [0.1, 0.15) is 0 Å². The highest BCUT2D eigenvalue weighted by Crippen LogP contribution is 2.27. The maximum Gasteiger partial charge on any atom is 0.167 e. The summed E-state index contributed by atoms with van der Waals surface area (Å²) in [6, 6.07) is 12.4. The van der Waals surface area contributed by atoms with Crippen LogP contribution < -0.4 is 0 Å². The summed E-state index contributed by atoms with van der Waals surface area (Å²) in [5.41, 5.74) is 2.04. The molecule has 0 radical (unpaired) electrons. The summed E-state index contributed by atoms with van der Waals surface area (Å²) >= 11 is 2.78. The summed E-state index contributed by atoms with van der Waals surface area (Å²) in [7, 11) is 0. The SMILES string of the molecule is N#CSCSc1nc2c(ccc3ccccc32)[nH]1. The van der Waals surface area contributed by atoms with Crippen molar-refractivity contribution in [3.05, 3.63) is 36.4 Å². The lowest BCUT2D eigenvalue weighted by Gasteiger charge is -1.96. The van der Waals surface area contributed by atoms with E-state index in [2.05, 4.69) is 33.6 Å². The monoisotopic (exact) mass is 271 g/mol. The van der Waals surface area contributed by atoms with E-state index in [0.29, 0.717) is 5.08 Å². The van der Waals surface area contributed by atoms with Crippen LogP contribution in [0.25, 0.3) is 21.8 Å². The normalized spacial score (nSPS) is 10.8. The highest BCUT2D eigenvalue weighted by Gasteiger charge is 2.06. The van der Waals surface area contributed by atoms with Gasteiger partial charge in [0.05, 0.1) is 16.1 Å². The second-order valence-electron chi connectivity index (χ2n) is 3.72. The van der Waals surface area contributed by atoms with E-state index in [9.17, 15) is 0 Å². The molecule has 0 fully saturated rings. The molecule has 0 spiro atoms. The van der Waals surface area contributed by atoms with Gasteiger partial charge in [0.15, 0.2) is 5.16 Å². The molecular weight excluding hydrogens is 262 g/mol. The minimum absolute atomic E-state index is 0.689. The number of hydrogen-bond acceptors (Lipinski definition) is 4. The lowest BCUT2D eigenvalue weighted by molar-refractivity contribution is 1.09. The third-order valence-electron chi connectivity index (χ3n) is 2.67. The number of aromatic amines is 1. The highest BCUT2D eigenvalue weighted by atomic mass is 32.2. The van der Waals surface area contributed by atoms with E-state index < -0.39 is 0 Å². The summed E-state index contributed by atoms with van der Waals surface area (Å²) in [6.07, 6.45) is 0. The number of fused-ring (bicyclic) bond motifs is 3. The van der Waals surface area contributed by atoms with Crippen LogP contribution in [-0.4, -0.2) is 15.1 Å². The largest absolute Gasteiger partial charge is 0.333 e. The van der Waals surface area contributed by atoms with E-state index >= 15 is 0 Å². The Balaban J connectivity index is 2.06. The zero-order valence-corrected chi connectivity index (χ0v) is 11.0. The van der Waals surface area contributed by atoms with Gasteiger partial charge in [-0.3, -0.25) is 0 Å². The number of aromatic nitrogens is 2. The Hall–Kier alpha value is -1.64. The van der Waals surface area contributed by atoms with E-state index in [-0.39, 0.29) is 0 Å². The molecule has 0 saturated heterocycles. The molecule has 1 aromatic heterocycles. The van der Waals surface area contributed by atoms with Crippen LogP contribution in [0.5, 0.6) is 0 Å². The van der Waals surface area contributed by atoms with Gasteiger partial charge in [0.2, 0.25) is 0 Å². The standard InChI is InChI=1S/C13H9N3S2/c14-7-17-8-18-13-15-11-6-5-9-3-1-2-4-10(9)12(11)16-13/h1-6H,8H2,(H,15,16). The van der Waals surface area contributed by atoms with Gasteiger partial charge in [0.25, 0.3) is 0 Å². The van der Waals surface area contributed by atoms with Crippen molar-refractivity contribution in [1.29, 1.82) is 5.26 Å². The van der Waals surface area contributed by atoms with Gasteiger partial charge in [-0.25, -0.2) is 4.98 Å². The quantitative estimate of drug-likeness (QED) is 0.339. The van der Waals surface area contributed by atoms with Crippen LogP contribution in [0.15, 0.2) is 41.6 Å². The van der Waals surface area contributed by atoms with E-state index in [1.165, 1.54) is 17.1 Å². The minimum Gasteiger partial charge on any atom is -0.333 e. The van der Waals surface area contributed by atoms with Gasteiger partial charge in [-0.2, -0.15) is 5.26 Å². The molecule has 18 heavy (non-hydrogen) atoms. The zero-order chi connectivity index (χ0) is 12.4. The highest BCUT2D eigenvalue weighted by molar-refractivity contribution is 8.18. The van der Waals surface area contributed by atoms with Gasteiger partial charge in [-0.1, -0.05) is 42.1 Å². The molecule has 0 bridgehead atoms. The van der Waals surface area contributed by atoms with Gasteiger partial charge >= 0.3 is 0 Å². The molecule has 0 unspecified atom stereocenters. The zero-order valence-electron chi connectivity index (χ0n) is 9.38. The van der Waals surface area contributed by atoms with Crippen LogP contribution in [0.4, 0.5) is 0 Å². The third-order valence-corrected chi connectivity index (χ3v) is 4.21. The van der Waals surface area contributed by atoms with Crippen molar-refractivity contribution in [1.82, 2.24) is 9.97 Å². The maximum atomic E-state index is 8.49. The molecule has 0 amide bonds. The molecule has 3 aromatic rings. The molecule has 0 aliphatic rings. The van der Waals surface area contributed by atoms with E-state index in [0.717, 1.165) is 21.6 Å². The number of nitriles is 1. The topological polar surface area (TPSA) is 52.5 Å². The number of nitrogens with zero attached hydrogens (tertiary/aromatic N) is 2. The van der Waals surface area contributed by atoms with Crippen LogP contribution >= 0.6 is 23.5 Å². The van der Waals surface area contributed by atoms with E-state index in [4.69, 9.17) is 5.26 Å². The second kappa shape index (κ2) is 4.92. The summed E-state index contributed by atoms with van der Waals surface area (Å²) in [4.78, 5) is 7.87. The third kappa shape index (κ3) is 2.05. The predicted octanol–water partition coefficient (Wildman–Crippen LogP) is 3.98. The van der Waals surface area contributed by atoms with Gasteiger partial charge in [0.1, 0.15) is 5.40 Å². The Labute approximate surface area is 113 Å². The average molecular weight is 271 g/mol. The van der Waals surface area contributed by atoms with E-state index in [1.54, 1.807) is 11.8 Å². The Morgan fingerprint density at radius 3 is 3.00 bits per heavy atom. The van der Waals surface area contributed by atoms with Gasteiger partial charge in [0, 0.05) is 5.39 Å². The summed E-state index contributed by atoms with van der Waals surface area (Å²) in [5.74, 6) is 0. The van der Waals surface area contributed by atoms with Crippen molar-refractivity contribution in [2.24, 2.45) is 0 Å². The van der Waals surface area contributed by atoms with Crippen LogP contribution in [0, 0.1) is 10.7 Å². The minimum atomic E-state index is 0.689. The van der Waals surface area contributed by atoms with Crippen molar-refractivity contribution >= 4 is 45.3 Å². The fourth-order valence-electron chi connectivity index (χ4n) is 1.90. The number of imidazole rings is 1. The maximum absolute atomic E-state index is 8.49. The number of thiocyanates is 1. The van der Waals surface area contributed by atoms with Gasteiger partial charge in [-0.15, -0.1) is 0 Å². The predicted molar refractivity (Wildman–Crippen MR) is 77.5 cm³/mol. The number of nitrogens with one attached hydrogen (secondary N) is 1. The van der Waals surface area contributed by atoms with Crippen LogP contribution in [-0.2, 0) is 0 Å². The first-order valence-corrected chi connectivity index (χ1v) is 7.37. The molecule has 0 aliphatic heterocycles. The molecule has 1 N–H and O–H groups in total. The van der Waals surface area contributed by atoms with Gasteiger partial charge < -0.3 is 4.98 Å². The Bertz CT molecular complexity index is 743. The smallest absolute Gasteiger partial charge is 0.167 e. The lowest BCUT2D eigenvalue weighted by atomic mass is 10.1. The molecule has 3 rings (SSSR count). The van der Waals surface area contributed by atoms with Crippen molar-refractivity contribution in [3.8, 4) is 5.40 Å².